The summed E-state index contributed by atoms with van der Waals surface area (Å²) >= 11 is 8.21. The van der Waals surface area contributed by atoms with E-state index >= 15 is 0 Å². The van der Waals surface area contributed by atoms with Crippen molar-refractivity contribution in [1.82, 2.24) is 15.3 Å². The van der Waals surface area contributed by atoms with Gasteiger partial charge in [0.05, 0.1) is 30.1 Å². The zero-order valence-corrected chi connectivity index (χ0v) is 19.3. The minimum Gasteiger partial charge on any atom is -0.465 e. The summed E-state index contributed by atoms with van der Waals surface area (Å²) in [7, 11) is 1.34. The molecule has 154 valence electrons. The van der Waals surface area contributed by atoms with Crippen LogP contribution in [0, 0.1) is 3.57 Å². The summed E-state index contributed by atoms with van der Waals surface area (Å²) < 4.78 is 5.68. The number of hydrogen-bond donors (Lipinski definition) is 1. The standard InChI is InChI=1S/C22H19ClIN3O3/c1-3-18(27-21(28)15-10-16(23)12-17(24)11-15)20-19(25-7-8-26-20)13-5-4-6-14(9-13)22(29)30-2/h4-12,18H,3H2,1-2H3,(H,27,28)/t18-/m1/s1. The van der Waals surface area contributed by atoms with Crippen molar-refractivity contribution < 1.29 is 14.3 Å². The molecule has 0 aliphatic heterocycles. The highest BCUT2D eigenvalue weighted by molar-refractivity contribution is 14.1. The van der Waals surface area contributed by atoms with Crippen molar-refractivity contribution in [3.8, 4) is 11.3 Å². The van der Waals surface area contributed by atoms with Crippen molar-refractivity contribution in [2.24, 2.45) is 0 Å². The first kappa shape index (κ1) is 22.2. The van der Waals surface area contributed by atoms with E-state index in [9.17, 15) is 9.59 Å². The first-order valence-electron chi connectivity index (χ1n) is 9.19. The van der Waals surface area contributed by atoms with Gasteiger partial charge in [-0.1, -0.05) is 30.7 Å². The second-order valence-electron chi connectivity index (χ2n) is 6.45. The number of benzene rings is 2. The van der Waals surface area contributed by atoms with Crippen LogP contribution in [0.2, 0.25) is 5.02 Å². The smallest absolute Gasteiger partial charge is 0.337 e. The molecular formula is C22H19ClIN3O3. The number of nitrogens with zero attached hydrogens (tertiary/aromatic N) is 2. The Bertz CT molecular complexity index is 1070. The van der Waals surface area contributed by atoms with Crippen LogP contribution >= 0.6 is 34.2 Å². The minimum absolute atomic E-state index is 0.248. The van der Waals surface area contributed by atoms with Crippen molar-refractivity contribution in [2.45, 2.75) is 19.4 Å². The van der Waals surface area contributed by atoms with Crippen LogP contribution in [0.5, 0.6) is 0 Å². The lowest BCUT2D eigenvalue weighted by molar-refractivity contribution is 0.0600. The number of esters is 1. The van der Waals surface area contributed by atoms with E-state index in [-0.39, 0.29) is 11.9 Å². The van der Waals surface area contributed by atoms with Gasteiger partial charge in [-0.2, -0.15) is 0 Å². The van der Waals surface area contributed by atoms with Gasteiger partial charge in [-0.15, -0.1) is 0 Å². The number of aromatic nitrogens is 2. The van der Waals surface area contributed by atoms with Crippen molar-refractivity contribution in [2.75, 3.05) is 7.11 Å². The molecule has 0 spiro atoms. The number of amides is 1. The third-order valence-electron chi connectivity index (χ3n) is 4.45. The van der Waals surface area contributed by atoms with Gasteiger partial charge in [0.2, 0.25) is 0 Å². The molecule has 0 saturated carbocycles. The summed E-state index contributed by atoms with van der Waals surface area (Å²) in [6, 6.07) is 11.8. The highest BCUT2D eigenvalue weighted by atomic mass is 127. The second kappa shape index (κ2) is 9.99. The van der Waals surface area contributed by atoms with Crippen LogP contribution in [0.25, 0.3) is 11.3 Å². The molecule has 8 heteroatoms. The summed E-state index contributed by atoms with van der Waals surface area (Å²) in [6.07, 6.45) is 3.77. The molecule has 0 saturated heterocycles. The van der Waals surface area contributed by atoms with Crippen molar-refractivity contribution >= 4 is 46.1 Å². The van der Waals surface area contributed by atoms with Crippen LogP contribution in [0.4, 0.5) is 0 Å². The number of rotatable bonds is 6. The van der Waals surface area contributed by atoms with E-state index in [0.717, 1.165) is 3.57 Å². The van der Waals surface area contributed by atoms with Crippen LogP contribution < -0.4 is 5.32 Å². The first-order chi connectivity index (χ1) is 14.4. The van der Waals surface area contributed by atoms with E-state index in [0.29, 0.717) is 39.5 Å². The molecule has 0 fully saturated rings. The fourth-order valence-corrected chi connectivity index (χ4v) is 4.12. The van der Waals surface area contributed by atoms with Crippen molar-refractivity contribution in [3.63, 3.8) is 0 Å². The summed E-state index contributed by atoms with van der Waals surface area (Å²) in [5.74, 6) is -0.680. The Balaban J connectivity index is 1.95. The zero-order valence-electron chi connectivity index (χ0n) is 16.4. The van der Waals surface area contributed by atoms with Gasteiger partial charge in [0.1, 0.15) is 0 Å². The van der Waals surface area contributed by atoms with E-state index < -0.39 is 5.97 Å². The molecule has 3 aromatic rings. The predicted molar refractivity (Wildman–Crippen MR) is 123 cm³/mol. The van der Waals surface area contributed by atoms with Crippen molar-refractivity contribution in [3.05, 3.63) is 80.3 Å². The van der Waals surface area contributed by atoms with Crippen LogP contribution in [0.3, 0.4) is 0 Å². The minimum atomic E-state index is -0.432. The Kier molecular flexibility index (Phi) is 7.38. The van der Waals surface area contributed by atoms with Gasteiger partial charge >= 0.3 is 5.97 Å². The van der Waals surface area contributed by atoms with Crippen LogP contribution in [0.1, 0.15) is 45.8 Å². The number of methoxy groups -OCH3 is 1. The molecule has 6 nitrogen and oxygen atoms in total. The largest absolute Gasteiger partial charge is 0.465 e. The lowest BCUT2D eigenvalue weighted by Crippen LogP contribution is -2.29. The Morgan fingerprint density at radius 2 is 1.90 bits per heavy atom. The van der Waals surface area contributed by atoms with Crippen LogP contribution in [-0.4, -0.2) is 29.0 Å². The van der Waals surface area contributed by atoms with Gasteiger partial charge in [-0.25, -0.2) is 4.79 Å². The molecular weight excluding hydrogens is 517 g/mol. The van der Waals surface area contributed by atoms with Crippen LogP contribution in [-0.2, 0) is 4.74 Å². The van der Waals surface area contributed by atoms with E-state index in [4.69, 9.17) is 16.3 Å². The number of carbonyl (C=O) groups is 2. The number of nitrogens with one attached hydrogen (secondary N) is 1. The Morgan fingerprint density at radius 3 is 2.60 bits per heavy atom. The Labute approximate surface area is 193 Å². The zero-order chi connectivity index (χ0) is 21.7. The predicted octanol–water partition coefficient (Wildman–Crippen LogP) is 5.07. The normalized spacial score (nSPS) is 11.6. The number of carbonyl (C=O) groups excluding carboxylic acids is 2. The molecule has 1 amide bonds. The maximum Gasteiger partial charge on any atom is 0.337 e. The van der Waals surface area contributed by atoms with Gasteiger partial charge in [0.15, 0.2) is 0 Å². The number of ether oxygens (including phenoxy) is 1. The number of halogens is 2. The van der Waals surface area contributed by atoms with E-state index in [1.807, 2.05) is 13.0 Å². The third-order valence-corrected chi connectivity index (χ3v) is 5.29. The average molecular weight is 536 g/mol. The van der Waals surface area contributed by atoms with E-state index in [1.165, 1.54) is 7.11 Å². The molecule has 1 aromatic heterocycles. The monoisotopic (exact) mass is 535 g/mol. The fourth-order valence-electron chi connectivity index (χ4n) is 3.03. The molecule has 0 unspecified atom stereocenters. The van der Waals surface area contributed by atoms with Crippen LogP contribution in [0.15, 0.2) is 54.9 Å². The molecule has 1 heterocycles. The molecule has 0 radical (unpaired) electrons. The van der Waals surface area contributed by atoms with Gasteiger partial charge in [-0.05, 0) is 59.3 Å². The molecule has 0 bridgehead atoms. The quantitative estimate of drug-likeness (QED) is 0.352. The van der Waals surface area contributed by atoms with Gasteiger partial charge in [0.25, 0.3) is 5.91 Å². The topological polar surface area (TPSA) is 81.2 Å². The summed E-state index contributed by atoms with van der Waals surface area (Å²) in [4.78, 5) is 33.7. The lowest BCUT2D eigenvalue weighted by atomic mass is 10.0. The summed E-state index contributed by atoms with van der Waals surface area (Å²) in [5, 5.41) is 3.52. The highest BCUT2D eigenvalue weighted by Crippen LogP contribution is 2.27. The maximum atomic E-state index is 12.8. The Hall–Kier alpha value is -2.52. The lowest BCUT2D eigenvalue weighted by Gasteiger charge is -2.19. The fraction of sp³-hybridized carbons (Fsp3) is 0.182. The molecule has 0 aliphatic carbocycles. The average Bonchev–Trinajstić information content (AvgIpc) is 2.76. The maximum absolute atomic E-state index is 12.8. The first-order valence-corrected chi connectivity index (χ1v) is 10.6. The molecule has 2 aromatic carbocycles. The second-order valence-corrected chi connectivity index (χ2v) is 8.14. The molecule has 1 atom stereocenters. The molecule has 0 aliphatic rings. The molecule has 30 heavy (non-hydrogen) atoms. The van der Waals surface area contributed by atoms with Crippen molar-refractivity contribution in [1.29, 1.82) is 0 Å². The Morgan fingerprint density at radius 1 is 1.13 bits per heavy atom. The van der Waals surface area contributed by atoms with Gasteiger partial charge in [-0.3, -0.25) is 14.8 Å². The molecule has 1 N–H and O–H groups in total. The van der Waals surface area contributed by atoms with Gasteiger partial charge < -0.3 is 10.1 Å². The SMILES string of the molecule is CC[C@@H](NC(=O)c1cc(Cl)cc(I)c1)c1nccnc1-c1cccc(C(=O)OC)c1. The van der Waals surface area contributed by atoms with Gasteiger partial charge in [0, 0.05) is 32.1 Å². The number of hydrogen-bond acceptors (Lipinski definition) is 5. The van der Waals surface area contributed by atoms with E-state index in [1.54, 1.807) is 48.8 Å². The summed E-state index contributed by atoms with van der Waals surface area (Å²) in [5.41, 5.74) is 2.81. The molecule has 3 rings (SSSR count). The van der Waals surface area contributed by atoms with E-state index in [2.05, 4.69) is 37.9 Å². The highest BCUT2D eigenvalue weighted by Gasteiger charge is 2.21. The third kappa shape index (κ3) is 5.14. The summed E-state index contributed by atoms with van der Waals surface area (Å²) in [6.45, 7) is 1.95.